The molecule has 2 saturated heterocycles. The molecule has 2 atom stereocenters. The summed E-state index contributed by atoms with van der Waals surface area (Å²) >= 11 is 2.17. The summed E-state index contributed by atoms with van der Waals surface area (Å²) in [6.07, 6.45) is 2.13. The number of halogens is 2. The van der Waals surface area contributed by atoms with Gasteiger partial charge in [-0.05, 0) is 107 Å². The Labute approximate surface area is 329 Å². The van der Waals surface area contributed by atoms with Crippen LogP contribution in [0.2, 0.25) is 0 Å². The van der Waals surface area contributed by atoms with Crippen LogP contribution in [0.4, 0.5) is 23.8 Å². The van der Waals surface area contributed by atoms with E-state index in [0.717, 1.165) is 22.7 Å². The largest absolute Gasteiger partial charge is 0.444 e. The number of nitrogens with one attached hydrogen (secondary N) is 5. The molecule has 0 spiro atoms. The maximum Gasteiger partial charge on any atom is 0.410 e. The molecule has 0 radical (unpaired) electrons. The van der Waals surface area contributed by atoms with Crippen molar-refractivity contribution in [1.82, 2.24) is 30.8 Å². The van der Waals surface area contributed by atoms with E-state index in [4.69, 9.17) is 4.74 Å². The molecule has 2 aliphatic rings. The van der Waals surface area contributed by atoms with Crippen LogP contribution < -0.4 is 26.6 Å². The van der Waals surface area contributed by atoms with Gasteiger partial charge in [-0.1, -0.05) is 0 Å². The van der Waals surface area contributed by atoms with Gasteiger partial charge in [-0.3, -0.25) is 29.8 Å². The molecule has 0 saturated carbocycles. The summed E-state index contributed by atoms with van der Waals surface area (Å²) in [5.41, 5.74) is 0.474. The lowest BCUT2D eigenvalue weighted by Gasteiger charge is -2.33. The van der Waals surface area contributed by atoms with Crippen molar-refractivity contribution in [1.29, 1.82) is 0 Å². The summed E-state index contributed by atoms with van der Waals surface area (Å²) in [7, 11) is 0. The third kappa shape index (κ3) is 10.9. The quantitative estimate of drug-likeness (QED) is 0.136. The number of thiazole rings is 2. The molecule has 4 aromatic rings. The summed E-state index contributed by atoms with van der Waals surface area (Å²) in [4.78, 5) is 74.0. The first-order valence-corrected chi connectivity index (χ1v) is 19.9. The average molecular weight is 809 g/mol. The number of nitrogens with zero attached hydrogens (tertiary/aromatic N) is 3. The highest BCUT2D eigenvalue weighted by Crippen LogP contribution is 2.23. The molecule has 5 N–H and O–H groups in total. The van der Waals surface area contributed by atoms with Crippen LogP contribution in [-0.4, -0.2) is 88.0 Å². The number of hydrogen-bond donors (Lipinski definition) is 5. The Morgan fingerprint density at radius 1 is 0.804 bits per heavy atom. The second kappa shape index (κ2) is 17.6. The maximum atomic E-state index is 15.0. The Hall–Kier alpha value is -5.33. The third-order valence-corrected chi connectivity index (χ3v) is 10.6. The molecule has 0 bridgehead atoms. The zero-order valence-corrected chi connectivity index (χ0v) is 32.6. The predicted octanol–water partition coefficient (Wildman–Crippen LogP) is 5.60. The fourth-order valence-electron chi connectivity index (χ4n) is 6.29. The van der Waals surface area contributed by atoms with E-state index in [0.29, 0.717) is 50.9 Å². The van der Waals surface area contributed by atoms with E-state index in [9.17, 15) is 28.4 Å². The van der Waals surface area contributed by atoms with Crippen molar-refractivity contribution < 1.29 is 37.5 Å². The molecular weight excluding hydrogens is 767 g/mol. The molecule has 0 aliphatic carbocycles. The molecule has 56 heavy (non-hydrogen) atoms. The van der Waals surface area contributed by atoms with Gasteiger partial charge in [0.05, 0.1) is 0 Å². The van der Waals surface area contributed by atoms with Gasteiger partial charge in [-0.25, -0.2) is 23.5 Å². The SMILES string of the molecule is CC(C)(C)OC(=O)N1CCC(NC(=O)c2csc(NC(=O)c3ccc(F)c(CC4C[C@H](NC(=O)c5csc(NC(=O)c6ccc(F)cc6)n5)CCN4)c3)n2)CC1. The normalized spacial score (nSPS) is 17.5. The minimum Gasteiger partial charge on any atom is -0.444 e. The molecule has 296 valence electrons. The van der Waals surface area contributed by atoms with Gasteiger partial charge in [-0.2, -0.15) is 0 Å². The van der Waals surface area contributed by atoms with Gasteiger partial charge in [0.25, 0.3) is 23.6 Å². The van der Waals surface area contributed by atoms with Crippen LogP contribution in [0.3, 0.4) is 0 Å². The van der Waals surface area contributed by atoms with Gasteiger partial charge in [0, 0.05) is 53.1 Å². The number of carbonyl (C=O) groups excluding carboxylic acids is 5. The summed E-state index contributed by atoms with van der Waals surface area (Å²) in [5, 5.41) is 18.1. The van der Waals surface area contributed by atoms with Crippen LogP contribution >= 0.6 is 22.7 Å². The minimum absolute atomic E-state index is 0.134. The number of ether oxygens (including phenoxy) is 1. The molecule has 4 heterocycles. The van der Waals surface area contributed by atoms with E-state index < -0.39 is 35.0 Å². The van der Waals surface area contributed by atoms with Crippen molar-refractivity contribution >= 4 is 62.7 Å². The van der Waals surface area contributed by atoms with Crippen LogP contribution in [0.5, 0.6) is 0 Å². The number of carbonyl (C=O) groups is 5. The number of benzene rings is 2. The van der Waals surface area contributed by atoms with Gasteiger partial charge in [0.2, 0.25) is 0 Å². The highest BCUT2D eigenvalue weighted by Gasteiger charge is 2.29. The molecular formula is C38H42F2N8O6S2. The monoisotopic (exact) mass is 808 g/mol. The summed E-state index contributed by atoms with van der Waals surface area (Å²) in [5.74, 6) is -2.74. The number of hydrogen-bond acceptors (Lipinski definition) is 11. The second-order valence-electron chi connectivity index (χ2n) is 14.6. The Morgan fingerprint density at radius 2 is 1.38 bits per heavy atom. The van der Waals surface area contributed by atoms with E-state index in [-0.39, 0.29) is 69.3 Å². The van der Waals surface area contributed by atoms with Gasteiger partial charge in [0.1, 0.15) is 28.6 Å². The molecule has 2 aromatic heterocycles. The molecule has 2 fully saturated rings. The second-order valence-corrected chi connectivity index (χ2v) is 16.3. The highest BCUT2D eigenvalue weighted by atomic mass is 32.1. The molecule has 2 aliphatic heterocycles. The van der Waals surface area contributed by atoms with Crippen molar-refractivity contribution in [2.45, 2.75) is 76.6 Å². The van der Waals surface area contributed by atoms with E-state index in [1.165, 1.54) is 47.8 Å². The zero-order chi connectivity index (χ0) is 40.0. The lowest BCUT2D eigenvalue weighted by molar-refractivity contribution is 0.0199. The standard InChI is InChI=1S/C38H42F2N8O6S2/c1-38(2,3)54-37(53)48-14-11-25(12-15-48)42-33(51)29-19-56-36(44-29)47-32(50)22-6-9-28(40)23(16-22)17-27-18-26(10-13-41-27)43-34(52)30-20-55-35(45-30)46-31(49)21-4-7-24(39)8-5-21/h4-9,16,19-20,25-27,41H,10-15,17-18H2,1-3H3,(H,42,51)(H,43,52)(H,44,47,50)(H,45,46,49)/t26-,27?/m1/s1. The minimum atomic E-state index is -0.589. The van der Waals surface area contributed by atoms with Crippen LogP contribution in [-0.2, 0) is 11.2 Å². The van der Waals surface area contributed by atoms with E-state index in [2.05, 4.69) is 36.6 Å². The third-order valence-electron chi connectivity index (χ3n) is 9.11. The van der Waals surface area contributed by atoms with Gasteiger partial charge in [-0.15, -0.1) is 22.7 Å². The van der Waals surface area contributed by atoms with Crippen molar-refractivity contribution in [3.8, 4) is 0 Å². The Balaban J connectivity index is 0.971. The lowest BCUT2D eigenvalue weighted by atomic mass is 9.93. The van der Waals surface area contributed by atoms with E-state index in [1.807, 2.05) is 20.8 Å². The number of piperidine rings is 2. The zero-order valence-electron chi connectivity index (χ0n) is 30.9. The fraction of sp³-hybridized carbons (Fsp3) is 0.395. The molecule has 5 amide bonds. The van der Waals surface area contributed by atoms with Crippen LogP contribution in [0.25, 0.3) is 0 Å². The number of anilines is 2. The predicted molar refractivity (Wildman–Crippen MR) is 207 cm³/mol. The van der Waals surface area contributed by atoms with Crippen molar-refractivity contribution in [3.63, 3.8) is 0 Å². The first kappa shape index (κ1) is 40.3. The van der Waals surface area contributed by atoms with Crippen LogP contribution in [0.15, 0.2) is 53.2 Å². The Kier molecular flexibility index (Phi) is 12.7. The fourth-order valence-corrected chi connectivity index (χ4v) is 7.66. The number of aromatic nitrogens is 2. The molecule has 1 unspecified atom stereocenters. The maximum absolute atomic E-state index is 15.0. The van der Waals surface area contributed by atoms with Gasteiger partial charge in [0.15, 0.2) is 10.3 Å². The molecule has 2 aromatic carbocycles. The summed E-state index contributed by atoms with van der Waals surface area (Å²) in [6.45, 7) is 6.90. The Morgan fingerprint density at radius 3 is 1.98 bits per heavy atom. The molecule has 18 heteroatoms. The van der Waals surface area contributed by atoms with Crippen molar-refractivity contribution in [2.24, 2.45) is 0 Å². The number of amides is 5. The lowest BCUT2D eigenvalue weighted by Crippen LogP contribution is -2.48. The van der Waals surface area contributed by atoms with E-state index in [1.54, 1.807) is 10.3 Å². The number of likely N-dealkylation sites (tertiary alicyclic amines) is 1. The molecule has 6 rings (SSSR count). The van der Waals surface area contributed by atoms with Gasteiger partial charge >= 0.3 is 6.09 Å². The highest BCUT2D eigenvalue weighted by molar-refractivity contribution is 7.14. The first-order valence-electron chi connectivity index (χ1n) is 18.1. The topological polar surface area (TPSA) is 184 Å². The molecule has 14 nitrogen and oxygen atoms in total. The van der Waals surface area contributed by atoms with Crippen LogP contribution in [0.1, 0.15) is 93.7 Å². The van der Waals surface area contributed by atoms with Gasteiger partial charge < -0.3 is 25.6 Å². The summed E-state index contributed by atoms with van der Waals surface area (Å²) < 4.78 is 33.6. The van der Waals surface area contributed by atoms with Crippen molar-refractivity contribution in [2.75, 3.05) is 30.3 Å². The Bertz CT molecular complexity index is 2080. The smallest absolute Gasteiger partial charge is 0.410 e. The number of rotatable bonds is 10. The van der Waals surface area contributed by atoms with Crippen LogP contribution in [0, 0.1) is 11.6 Å². The average Bonchev–Trinajstić information content (AvgIpc) is 3.83. The van der Waals surface area contributed by atoms with E-state index >= 15 is 4.39 Å². The summed E-state index contributed by atoms with van der Waals surface area (Å²) in [6, 6.07) is 8.56. The first-order chi connectivity index (χ1) is 26.7. The van der Waals surface area contributed by atoms with Crippen molar-refractivity contribution in [3.05, 3.63) is 92.9 Å².